The molecule has 0 aliphatic carbocycles. The molecule has 0 radical (unpaired) electrons. The van der Waals surface area contributed by atoms with Gasteiger partial charge in [-0.05, 0) is 83.9 Å². The lowest BCUT2D eigenvalue weighted by atomic mass is 10.0. The molecule has 4 aromatic carbocycles. The Morgan fingerprint density at radius 1 is 0.450 bits per heavy atom. The zero-order chi connectivity index (χ0) is 26.7. The van der Waals surface area contributed by atoms with E-state index in [1.54, 1.807) is 0 Å². The van der Waals surface area contributed by atoms with E-state index in [0.29, 0.717) is 19.8 Å². The summed E-state index contributed by atoms with van der Waals surface area (Å²) in [6.07, 6.45) is 0.697. The molecule has 4 aromatic rings. The van der Waals surface area contributed by atoms with Gasteiger partial charge in [-0.3, -0.25) is 0 Å². The van der Waals surface area contributed by atoms with Gasteiger partial charge in [0.15, 0.2) is 0 Å². The van der Waals surface area contributed by atoms with Crippen LogP contribution in [0.25, 0.3) is 11.1 Å². The molecule has 0 bridgehead atoms. The highest BCUT2D eigenvalue weighted by Crippen LogP contribution is 2.37. The first kappa shape index (κ1) is 25.0. The minimum atomic E-state index is 0.225. The summed E-state index contributed by atoms with van der Waals surface area (Å²) in [7, 11) is 0. The summed E-state index contributed by atoms with van der Waals surface area (Å²) in [5.41, 5.74) is 5.38. The summed E-state index contributed by atoms with van der Waals surface area (Å²) >= 11 is 0. The summed E-state index contributed by atoms with van der Waals surface area (Å²) in [6.45, 7) is 4.13. The quantitative estimate of drug-likeness (QED) is 0.189. The van der Waals surface area contributed by atoms with Crippen LogP contribution >= 0.6 is 0 Å². The minimum absolute atomic E-state index is 0.225. The predicted molar refractivity (Wildman–Crippen MR) is 152 cm³/mol. The molecule has 3 aliphatic rings. The van der Waals surface area contributed by atoms with Gasteiger partial charge in [0.1, 0.15) is 55.4 Å². The second-order valence-corrected chi connectivity index (χ2v) is 10.2. The normalized spacial score (nSPS) is 20.4. The van der Waals surface area contributed by atoms with Gasteiger partial charge in [0, 0.05) is 17.1 Å². The van der Waals surface area contributed by atoms with E-state index in [2.05, 4.69) is 65.6 Å². The average Bonchev–Trinajstić information content (AvgIpc) is 3.86. The van der Waals surface area contributed by atoms with Crippen LogP contribution in [0, 0.1) is 0 Å². The van der Waals surface area contributed by atoms with E-state index in [-0.39, 0.29) is 18.3 Å². The number of rotatable bonds is 13. The Bertz CT molecular complexity index is 1330. The highest BCUT2D eigenvalue weighted by molar-refractivity contribution is 5.78. The van der Waals surface area contributed by atoms with E-state index in [1.807, 2.05) is 36.4 Å². The van der Waals surface area contributed by atoms with E-state index in [0.717, 1.165) is 65.3 Å². The van der Waals surface area contributed by atoms with Crippen molar-refractivity contribution >= 4 is 17.1 Å². The van der Waals surface area contributed by atoms with Crippen LogP contribution in [-0.2, 0) is 14.2 Å². The number of hydrogen-bond acceptors (Lipinski definition) is 7. The molecule has 204 valence electrons. The predicted octanol–water partition coefficient (Wildman–Crippen LogP) is 6.16. The highest BCUT2D eigenvalue weighted by Gasteiger charge is 2.24. The van der Waals surface area contributed by atoms with Gasteiger partial charge in [-0.15, -0.1) is 0 Å². The second-order valence-electron chi connectivity index (χ2n) is 10.2. The summed E-state index contributed by atoms with van der Waals surface area (Å²) in [5.74, 6) is 2.52. The summed E-state index contributed by atoms with van der Waals surface area (Å²) < 4.78 is 33.2. The van der Waals surface area contributed by atoms with Crippen molar-refractivity contribution in [3.05, 3.63) is 97.1 Å². The maximum absolute atomic E-state index is 5.86. The Hall–Kier alpha value is -4.04. The molecule has 0 saturated carbocycles. The molecule has 7 heteroatoms. The van der Waals surface area contributed by atoms with Gasteiger partial charge in [-0.25, -0.2) is 0 Å². The molecule has 3 unspecified atom stereocenters. The van der Waals surface area contributed by atoms with Gasteiger partial charge in [0.25, 0.3) is 0 Å². The van der Waals surface area contributed by atoms with Crippen molar-refractivity contribution in [2.75, 3.05) is 44.5 Å². The van der Waals surface area contributed by atoms with Gasteiger partial charge in [-0.1, -0.05) is 24.3 Å². The summed E-state index contributed by atoms with van der Waals surface area (Å²) in [5, 5.41) is 0. The van der Waals surface area contributed by atoms with Gasteiger partial charge >= 0.3 is 0 Å². The van der Waals surface area contributed by atoms with E-state index in [9.17, 15) is 0 Å². The van der Waals surface area contributed by atoms with Gasteiger partial charge in [0.05, 0.1) is 19.8 Å². The largest absolute Gasteiger partial charge is 0.491 e. The molecule has 3 heterocycles. The number of anilines is 3. The fourth-order valence-electron chi connectivity index (χ4n) is 4.44. The van der Waals surface area contributed by atoms with Crippen molar-refractivity contribution in [3.8, 4) is 28.4 Å². The van der Waals surface area contributed by atoms with Crippen LogP contribution in [-0.4, -0.2) is 58.0 Å². The molecule has 0 aromatic heterocycles. The number of epoxide rings is 3. The van der Waals surface area contributed by atoms with E-state index in [1.165, 1.54) is 0 Å². The van der Waals surface area contributed by atoms with Crippen molar-refractivity contribution in [3.63, 3.8) is 0 Å². The molecular weight excluding hydrogens is 506 g/mol. The van der Waals surface area contributed by atoms with E-state index < -0.39 is 0 Å². The lowest BCUT2D eigenvalue weighted by Crippen LogP contribution is -2.10. The third-order valence-electron chi connectivity index (χ3n) is 7.02. The Morgan fingerprint density at radius 2 is 0.725 bits per heavy atom. The van der Waals surface area contributed by atoms with Crippen molar-refractivity contribution in [2.24, 2.45) is 0 Å². The van der Waals surface area contributed by atoms with Gasteiger partial charge in [0.2, 0.25) is 0 Å². The first-order chi connectivity index (χ1) is 19.8. The molecule has 3 saturated heterocycles. The molecule has 7 rings (SSSR count). The number of benzene rings is 4. The SMILES string of the molecule is c1cc(-c2ccc(N(c3ccc(OCC4CO4)cc3)c3ccc(OCC4CO4)cc3)cc2)ccc1OCC1CO1. The number of ether oxygens (including phenoxy) is 6. The first-order valence-corrected chi connectivity index (χ1v) is 13.7. The molecule has 7 nitrogen and oxygen atoms in total. The van der Waals surface area contributed by atoms with Crippen LogP contribution in [0.2, 0.25) is 0 Å². The third kappa shape index (κ3) is 6.39. The van der Waals surface area contributed by atoms with Crippen molar-refractivity contribution < 1.29 is 28.4 Å². The van der Waals surface area contributed by atoms with Crippen LogP contribution in [0.5, 0.6) is 17.2 Å². The molecular formula is C33H31NO6. The van der Waals surface area contributed by atoms with Gasteiger partial charge in [-0.2, -0.15) is 0 Å². The second kappa shape index (κ2) is 11.2. The van der Waals surface area contributed by atoms with Gasteiger partial charge < -0.3 is 33.3 Å². The topological polar surface area (TPSA) is 68.5 Å². The molecule has 3 fully saturated rings. The van der Waals surface area contributed by atoms with Crippen molar-refractivity contribution in [1.82, 2.24) is 0 Å². The molecule has 3 atom stereocenters. The van der Waals surface area contributed by atoms with Crippen molar-refractivity contribution in [1.29, 1.82) is 0 Å². The lowest BCUT2D eigenvalue weighted by molar-refractivity contribution is 0.263. The summed E-state index contributed by atoms with van der Waals surface area (Å²) in [4.78, 5) is 2.22. The maximum Gasteiger partial charge on any atom is 0.119 e. The number of hydrogen-bond donors (Lipinski definition) is 0. The Balaban J connectivity index is 1.11. The average molecular weight is 538 g/mol. The zero-order valence-electron chi connectivity index (χ0n) is 22.1. The van der Waals surface area contributed by atoms with E-state index >= 15 is 0 Å². The Morgan fingerprint density at radius 3 is 1.05 bits per heavy atom. The van der Waals surface area contributed by atoms with Crippen LogP contribution < -0.4 is 19.1 Å². The summed E-state index contributed by atoms with van der Waals surface area (Å²) in [6, 6.07) is 33.1. The van der Waals surface area contributed by atoms with Crippen molar-refractivity contribution in [2.45, 2.75) is 18.3 Å². The molecule has 0 N–H and O–H groups in total. The Kier molecular flexibility index (Phi) is 7.00. The van der Waals surface area contributed by atoms with Crippen LogP contribution in [0.3, 0.4) is 0 Å². The maximum atomic E-state index is 5.86. The highest BCUT2D eigenvalue weighted by atomic mass is 16.6. The van der Waals surface area contributed by atoms with Crippen LogP contribution in [0.15, 0.2) is 97.1 Å². The Labute approximate surface area is 233 Å². The first-order valence-electron chi connectivity index (χ1n) is 13.7. The fourth-order valence-corrected chi connectivity index (χ4v) is 4.44. The third-order valence-corrected chi connectivity index (χ3v) is 7.02. The molecule has 3 aliphatic heterocycles. The van der Waals surface area contributed by atoms with Crippen LogP contribution in [0.4, 0.5) is 17.1 Å². The molecule has 0 spiro atoms. The minimum Gasteiger partial charge on any atom is -0.491 e. The smallest absolute Gasteiger partial charge is 0.119 e. The molecule has 40 heavy (non-hydrogen) atoms. The standard InChI is InChI=1S/C33H31NO6/c1-5-25(6-2-23(1)24-3-11-28(12-4-24)35-17-31-20-38-31)34(26-7-13-29(14-8-26)36-18-32-21-39-32)27-9-15-30(16-10-27)37-19-33-22-40-33/h1-16,31-33H,17-22H2. The lowest BCUT2D eigenvalue weighted by Gasteiger charge is -2.26. The van der Waals surface area contributed by atoms with Crippen LogP contribution in [0.1, 0.15) is 0 Å². The monoisotopic (exact) mass is 537 g/mol. The van der Waals surface area contributed by atoms with E-state index in [4.69, 9.17) is 28.4 Å². The molecule has 0 amide bonds. The number of nitrogens with zero attached hydrogens (tertiary/aromatic N) is 1. The fraction of sp³-hybridized carbons (Fsp3) is 0.273. The zero-order valence-corrected chi connectivity index (χ0v) is 22.1.